The van der Waals surface area contributed by atoms with Gasteiger partial charge in [-0.1, -0.05) is 64.4 Å². The second kappa shape index (κ2) is 21.6. The summed E-state index contributed by atoms with van der Waals surface area (Å²) in [6.45, 7) is 6.59. The average Bonchev–Trinajstić information content (AvgIpc) is 3.17. The molecule has 2 aromatic carbocycles. The van der Waals surface area contributed by atoms with Crippen LogP contribution in [0.3, 0.4) is 0 Å². The highest BCUT2D eigenvalue weighted by atomic mass is 19.1. The molecule has 55 heavy (non-hydrogen) atoms. The van der Waals surface area contributed by atoms with Gasteiger partial charge in [0.05, 0.1) is 37.9 Å². The molecular weight excluding hydrogens is 704 g/mol. The first-order chi connectivity index (χ1) is 26.2. The number of ether oxygens (including phenoxy) is 2. The molecule has 4 aromatic rings. The highest BCUT2D eigenvalue weighted by Crippen LogP contribution is 2.32. The number of benzene rings is 2. The summed E-state index contributed by atoms with van der Waals surface area (Å²) in [6.07, 6.45) is 5.08. The zero-order valence-corrected chi connectivity index (χ0v) is 30.5. The maximum absolute atomic E-state index is 12.2. The number of aromatic nitrogens is 4. The minimum Gasteiger partial charge on any atom is -0.463 e. The second-order valence-electron chi connectivity index (χ2n) is 12.6. The summed E-state index contributed by atoms with van der Waals surface area (Å²) in [7, 11) is 3.00. The number of carbonyl (C=O) groups is 3. The van der Waals surface area contributed by atoms with Crippen molar-refractivity contribution in [2.75, 3.05) is 47.6 Å². The van der Waals surface area contributed by atoms with Crippen LogP contribution in [0.2, 0.25) is 0 Å². The molecule has 2 aliphatic rings. The van der Waals surface area contributed by atoms with Crippen LogP contribution in [0, 0.1) is 11.3 Å². The molecule has 0 saturated carbocycles. The Bertz CT molecular complexity index is 1980. The fraction of sp³-hybridized carbons (Fsp3) is 0.385. The topological polar surface area (TPSA) is 204 Å². The van der Waals surface area contributed by atoms with Crippen molar-refractivity contribution < 1.29 is 28.2 Å². The molecule has 2 aliphatic heterocycles. The first-order valence-electron chi connectivity index (χ1n) is 17.6. The van der Waals surface area contributed by atoms with E-state index in [1.807, 2.05) is 40.1 Å². The van der Waals surface area contributed by atoms with Gasteiger partial charge < -0.3 is 35.1 Å². The van der Waals surface area contributed by atoms with Crippen LogP contribution in [0.25, 0.3) is 0 Å². The molecule has 4 N–H and O–H groups in total. The zero-order chi connectivity index (χ0) is 39.0. The summed E-state index contributed by atoms with van der Waals surface area (Å²) in [4.78, 5) is 56.4. The van der Waals surface area contributed by atoms with E-state index >= 15 is 0 Å². The Balaban J connectivity index is 0.000000278. The van der Waals surface area contributed by atoms with E-state index in [1.54, 1.807) is 18.2 Å². The molecular formula is C39H47BFN9O5. The minimum atomic E-state index is 0. The number of halogens is 1. The normalized spacial score (nSPS) is 12.7. The van der Waals surface area contributed by atoms with Crippen LogP contribution in [0.1, 0.15) is 85.1 Å². The van der Waals surface area contributed by atoms with E-state index < -0.39 is 0 Å². The second-order valence-corrected chi connectivity index (χ2v) is 12.6. The molecule has 2 aromatic heterocycles. The van der Waals surface area contributed by atoms with Crippen molar-refractivity contribution in [3.8, 4) is 18.1 Å². The standard InChI is InChI=1S/C19H21N5O2.C19H22N4O3.CH4.BF/c1-2-3-7-26-19-22-17(21)16-9-15(25)12-24(18(16)23-19)11-14-6-4-5-13(8-14)10-20;1-2-3-7-26-19-21-17(20)16-9-15(25)11-23(18(16)22-19)10-13-5-4-6-14(8-13)12-24;;1-2/h4-6,8H,2-3,7,9,11-12H2,1H3,(H2,21,22,23);4-6,8,12H,2-3,7,9-11H2,1H3,(H2,20,21,22);1H4;. The van der Waals surface area contributed by atoms with Gasteiger partial charge in [0.25, 0.3) is 0 Å². The Morgan fingerprint density at radius 1 is 0.800 bits per heavy atom. The molecule has 0 bridgehead atoms. The van der Waals surface area contributed by atoms with Crippen LogP contribution in [0.4, 0.5) is 27.6 Å². The van der Waals surface area contributed by atoms with Gasteiger partial charge in [0.2, 0.25) is 0 Å². The van der Waals surface area contributed by atoms with E-state index in [4.69, 9.17) is 30.5 Å². The zero-order valence-electron chi connectivity index (χ0n) is 30.5. The summed E-state index contributed by atoms with van der Waals surface area (Å²) < 4.78 is 20.2. The Morgan fingerprint density at radius 2 is 1.27 bits per heavy atom. The van der Waals surface area contributed by atoms with E-state index in [0.717, 1.165) is 43.1 Å². The summed E-state index contributed by atoms with van der Waals surface area (Å²) in [5.41, 5.74) is 16.4. The van der Waals surface area contributed by atoms with E-state index in [-0.39, 0.29) is 68.6 Å². The Morgan fingerprint density at radius 3 is 1.73 bits per heavy atom. The maximum Gasteiger partial charge on any atom is 0.350 e. The molecule has 2 radical (unpaired) electrons. The minimum absolute atomic E-state index is 0. The summed E-state index contributed by atoms with van der Waals surface area (Å²) in [5, 5.41) is 9.07. The number of carbonyl (C=O) groups excluding carboxylic acids is 3. The van der Waals surface area contributed by atoms with E-state index in [1.165, 1.54) is 0 Å². The van der Waals surface area contributed by atoms with Crippen molar-refractivity contribution >= 4 is 49.2 Å². The van der Waals surface area contributed by atoms with Gasteiger partial charge in [0.15, 0.2) is 11.6 Å². The van der Waals surface area contributed by atoms with Gasteiger partial charge in [-0.25, -0.2) is 0 Å². The van der Waals surface area contributed by atoms with Crippen molar-refractivity contribution in [3.63, 3.8) is 0 Å². The van der Waals surface area contributed by atoms with Crippen molar-refractivity contribution in [2.24, 2.45) is 0 Å². The van der Waals surface area contributed by atoms with Crippen molar-refractivity contribution in [1.29, 1.82) is 5.26 Å². The number of hydrogen-bond donors (Lipinski definition) is 2. The fourth-order valence-electron chi connectivity index (χ4n) is 5.83. The highest BCUT2D eigenvalue weighted by molar-refractivity contribution is 5.96. The third-order valence-electron chi connectivity index (χ3n) is 8.42. The smallest absolute Gasteiger partial charge is 0.350 e. The van der Waals surface area contributed by atoms with Gasteiger partial charge >= 0.3 is 20.1 Å². The SMILES string of the molecule is C.CCCCOc1nc(N)c2c(n1)N(Cc1cccc(C#N)c1)CC(=O)C2.CCCCOc1nc(N)c2c(n1)N(Cc1cccc(C=O)c1)CC(=O)C2.[B]F. The first kappa shape index (κ1) is 43.3. The lowest BCUT2D eigenvalue weighted by atomic mass is 10.0. The molecule has 0 saturated heterocycles. The maximum atomic E-state index is 12.2. The first-order valence-corrected chi connectivity index (χ1v) is 17.6. The third kappa shape index (κ3) is 11.9. The van der Waals surface area contributed by atoms with Gasteiger partial charge in [0.1, 0.15) is 29.6 Å². The van der Waals surface area contributed by atoms with Crippen LogP contribution < -0.4 is 30.7 Å². The molecule has 288 valence electrons. The lowest BCUT2D eigenvalue weighted by Crippen LogP contribution is -2.36. The van der Waals surface area contributed by atoms with Crippen LogP contribution in [-0.4, -0.2) is 72.2 Å². The molecule has 6 rings (SSSR count). The van der Waals surface area contributed by atoms with Crippen molar-refractivity contribution in [1.82, 2.24) is 19.9 Å². The predicted octanol–water partition coefficient (Wildman–Crippen LogP) is 5.10. The molecule has 14 nitrogen and oxygen atoms in total. The van der Waals surface area contributed by atoms with Crippen molar-refractivity contribution in [3.05, 3.63) is 81.9 Å². The molecule has 4 heterocycles. The lowest BCUT2D eigenvalue weighted by Gasteiger charge is -2.30. The molecule has 0 aliphatic carbocycles. The lowest BCUT2D eigenvalue weighted by molar-refractivity contribution is -0.118. The van der Waals surface area contributed by atoms with Crippen LogP contribution in [0.5, 0.6) is 12.0 Å². The number of ketones is 2. The van der Waals surface area contributed by atoms with Gasteiger partial charge in [-0.05, 0) is 42.2 Å². The Labute approximate surface area is 322 Å². The average molecular weight is 752 g/mol. The van der Waals surface area contributed by atoms with Crippen LogP contribution >= 0.6 is 0 Å². The summed E-state index contributed by atoms with van der Waals surface area (Å²) in [5.74, 6) is 1.93. The number of nitrogen functional groups attached to an aromatic ring is 2. The van der Waals surface area contributed by atoms with Gasteiger partial charge in [0, 0.05) is 42.6 Å². The van der Waals surface area contributed by atoms with Gasteiger partial charge in [-0.3, -0.25) is 14.4 Å². The number of nitrogens with two attached hydrogens (primary N) is 2. The highest BCUT2D eigenvalue weighted by Gasteiger charge is 2.29. The number of Topliss-reactive ketones (excluding diaryl/α,β-unsaturated/α-hetero) is 2. The Hall–Kier alpha value is -6.11. The number of rotatable bonds is 13. The number of anilines is 4. The van der Waals surface area contributed by atoms with Gasteiger partial charge in [-0.2, -0.15) is 25.2 Å². The molecule has 16 heteroatoms. The number of nitriles is 1. The quantitative estimate of drug-likeness (QED) is 0.104. The van der Waals surface area contributed by atoms with E-state index in [2.05, 4.69) is 48.0 Å². The predicted molar refractivity (Wildman–Crippen MR) is 210 cm³/mol. The van der Waals surface area contributed by atoms with Crippen molar-refractivity contribution in [2.45, 2.75) is 72.9 Å². The Kier molecular flexibility index (Phi) is 17.0. The van der Waals surface area contributed by atoms with Crippen LogP contribution in [-0.2, 0) is 35.5 Å². The van der Waals surface area contributed by atoms with Crippen LogP contribution in [0.15, 0.2) is 48.5 Å². The summed E-state index contributed by atoms with van der Waals surface area (Å²) in [6, 6.07) is 17.2. The molecule has 0 amide bonds. The summed E-state index contributed by atoms with van der Waals surface area (Å²) >= 11 is 0. The molecule has 0 atom stereocenters. The number of hydrogen-bond acceptors (Lipinski definition) is 14. The molecule has 0 fully saturated rings. The van der Waals surface area contributed by atoms with E-state index in [9.17, 15) is 14.4 Å². The number of nitrogens with zero attached hydrogens (tertiary/aromatic N) is 7. The largest absolute Gasteiger partial charge is 0.463 e. The monoisotopic (exact) mass is 751 g/mol. The van der Waals surface area contributed by atoms with E-state index in [0.29, 0.717) is 60.2 Å². The number of fused-ring (bicyclic) bond motifs is 2. The number of unbranched alkanes of at least 4 members (excludes halogenated alkanes) is 2. The third-order valence-corrected chi connectivity index (χ3v) is 8.42. The van der Waals surface area contributed by atoms with Gasteiger partial charge in [-0.15, -0.1) is 0 Å². The fourth-order valence-corrected chi connectivity index (χ4v) is 5.83. The number of aldehydes is 1. The molecule has 0 unspecified atom stereocenters. The molecule has 0 spiro atoms.